The van der Waals surface area contributed by atoms with Crippen molar-refractivity contribution in [3.8, 4) is 17.2 Å². The van der Waals surface area contributed by atoms with Crippen LogP contribution in [0.3, 0.4) is 0 Å². The quantitative estimate of drug-likeness (QED) is 0.185. The lowest BCUT2D eigenvalue weighted by atomic mass is 9.77. The zero-order valence-electron chi connectivity index (χ0n) is 28.1. The van der Waals surface area contributed by atoms with Crippen molar-refractivity contribution in [2.45, 2.75) is 33.1 Å². The maximum absolute atomic E-state index is 6.53. The molecule has 4 heterocycles. The number of para-hydroxylation sites is 2. The van der Waals surface area contributed by atoms with Gasteiger partial charge in [0.2, 0.25) is 8.07 Å². The van der Waals surface area contributed by atoms with Crippen molar-refractivity contribution in [2.75, 3.05) is 4.90 Å². The van der Waals surface area contributed by atoms with Gasteiger partial charge in [-0.1, -0.05) is 92.7 Å². The van der Waals surface area contributed by atoms with E-state index in [1.807, 2.05) is 36.0 Å². The molecule has 0 N–H and O–H groups in total. The molecule has 5 nitrogen and oxygen atoms in total. The van der Waals surface area contributed by atoms with Crippen molar-refractivity contribution < 1.29 is 4.74 Å². The van der Waals surface area contributed by atoms with E-state index in [0.717, 1.165) is 51.0 Å². The Balaban J connectivity index is 1.32. The first-order chi connectivity index (χ1) is 23.9. The van der Waals surface area contributed by atoms with E-state index in [-0.39, 0.29) is 5.41 Å². The average Bonchev–Trinajstić information content (AvgIpc) is 3.48. The van der Waals surface area contributed by atoms with Crippen LogP contribution in [-0.4, -0.2) is 22.8 Å². The highest BCUT2D eigenvalue weighted by atomic mass is 28.3. The lowest BCUT2D eigenvalue weighted by molar-refractivity contribution is 0.477. The Kier molecular flexibility index (Phi) is 6.55. The molecule has 0 saturated heterocycles. The molecule has 6 heteroatoms. The van der Waals surface area contributed by atoms with Gasteiger partial charge in [0.1, 0.15) is 0 Å². The number of rotatable bonds is 4. The predicted molar refractivity (Wildman–Crippen MR) is 201 cm³/mol. The topological polar surface area (TPSA) is 43.2 Å². The van der Waals surface area contributed by atoms with E-state index in [4.69, 9.17) is 14.8 Å². The summed E-state index contributed by atoms with van der Waals surface area (Å²) < 4.78 is 8.54. The maximum Gasteiger partial charge on any atom is 0.202 e. The van der Waals surface area contributed by atoms with Crippen LogP contribution in [0, 0.1) is 13.8 Å². The molecule has 9 rings (SSSR count). The van der Waals surface area contributed by atoms with Gasteiger partial charge in [0.05, 0.1) is 22.8 Å². The highest BCUT2D eigenvalue weighted by Gasteiger charge is 2.52. The third-order valence-electron chi connectivity index (χ3n) is 10.4. The lowest BCUT2D eigenvalue weighted by Gasteiger charge is -2.46. The van der Waals surface area contributed by atoms with E-state index < -0.39 is 8.07 Å². The highest BCUT2D eigenvalue weighted by Crippen LogP contribution is 2.50. The van der Waals surface area contributed by atoms with Crippen LogP contribution in [0.15, 0.2) is 146 Å². The molecule has 0 fully saturated rings. The smallest absolute Gasteiger partial charge is 0.202 e. The second kappa shape index (κ2) is 10.9. The van der Waals surface area contributed by atoms with Gasteiger partial charge < -0.3 is 9.64 Å². The predicted octanol–water partition coefficient (Wildman–Crippen LogP) is 7.48. The third-order valence-corrected chi connectivity index (χ3v) is 15.1. The van der Waals surface area contributed by atoms with Crippen LogP contribution in [-0.2, 0) is 5.41 Å². The lowest BCUT2D eigenvalue weighted by Crippen LogP contribution is -2.79. The summed E-state index contributed by atoms with van der Waals surface area (Å²) in [7, 11) is -2.89. The van der Waals surface area contributed by atoms with Crippen LogP contribution in [0.25, 0.3) is 5.69 Å². The molecule has 5 aromatic carbocycles. The normalized spacial score (nSPS) is 15.0. The van der Waals surface area contributed by atoms with Crippen LogP contribution in [0.2, 0.25) is 0 Å². The second-order valence-corrected chi connectivity index (χ2v) is 17.3. The summed E-state index contributed by atoms with van der Waals surface area (Å²) in [5, 5.41) is 10.0. The summed E-state index contributed by atoms with van der Waals surface area (Å²) in [5.74, 6) is 1.63. The molecule has 7 aromatic rings. The number of anilines is 3. The standard InChI is InChI=1S/C43H36N4OSi/c1-29-26-30(2)47(45-29)32-23-24-39-37(28-32)46(36-18-7-8-19-38(36)48-39)31-14-13-15-33(27-31)49(42-22-11-12-25-44-42)40-20-9-5-16-34(40)43(3,4)35-17-6-10-21-41(35)49/h5-28H,1-4H3. The highest BCUT2D eigenvalue weighted by molar-refractivity contribution is 7.20. The van der Waals surface area contributed by atoms with E-state index in [1.54, 1.807) is 0 Å². The molecule has 0 radical (unpaired) electrons. The van der Waals surface area contributed by atoms with Crippen molar-refractivity contribution in [1.82, 2.24) is 14.8 Å². The van der Waals surface area contributed by atoms with Gasteiger partial charge in [-0.05, 0) is 101 Å². The van der Waals surface area contributed by atoms with Gasteiger partial charge in [-0.2, -0.15) is 5.10 Å². The number of benzene rings is 5. The van der Waals surface area contributed by atoms with E-state index in [2.05, 4.69) is 147 Å². The largest absolute Gasteiger partial charge is 0.453 e. The summed E-state index contributed by atoms with van der Waals surface area (Å²) >= 11 is 0. The van der Waals surface area contributed by atoms with Gasteiger partial charge in [0, 0.05) is 28.3 Å². The first-order valence-electron chi connectivity index (χ1n) is 16.8. The minimum Gasteiger partial charge on any atom is -0.453 e. The number of nitrogens with zero attached hydrogens (tertiary/aromatic N) is 4. The molecule has 0 atom stereocenters. The van der Waals surface area contributed by atoms with E-state index in [0.29, 0.717) is 0 Å². The average molecular weight is 653 g/mol. The minimum absolute atomic E-state index is 0.155. The molecule has 2 aliphatic rings. The molecule has 0 aliphatic carbocycles. The molecule has 49 heavy (non-hydrogen) atoms. The van der Waals surface area contributed by atoms with Gasteiger partial charge in [0.15, 0.2) is 11.5 Å². The molecule has 2 aliphatic heterocycles. The number of hydrogen-bond acceptors (Lipinski definition) is 4. The van der Waals surface area contributed by atoms with Gasteiger partial charge in [-0.25, -0.2) is 4.68 Å². The van der Waals surface area contributed by atoms with E-state index >= 15 is 0 Å². The van der Waals surface area contributed by atoms with E-state index in [9.17, 15) is 0 Å². The van der Waals surface area contributed by atoms with Crippen molar-refractivity contribution in [3.05, 3.63) is 168 Å². The van der Waals surface area contributed by atoms with Crippen LogP contribution < -0.4 is 30.5 Å². The summed E-state index contributed by atoms with van der Waals surface area (Å²) in [4.78, 5) is 7.53. The monoisotopic (exact) mass is 652 g/mol. The van der Waals surface area contributed by atoms with Crippen molar-refractivity contribution >= 4 is 46.0 Å². The van der Waals surface area contributed by atoms with Crippen LogP contribution in [0.4, 0.5) is 17.1 Å². The Hall–Kier alpha value is -5.72. The summed E-state index contributed by atoms with van der Waals surface area (Å²) in [5.41, 5.74) is 8.69. The summed E-state index contributed by atoms with van der Waals surface area (Å²) in [6, 6.07) is 50.5. The third kappa shape index (κ3) is 4.30. The summed E-state index contributed by atoms with van der Waals surface area (Å²) in [6.45, 7) is 8.85. The fraction of sp³-hybridized carbons (Fsp3) is 0.116. The second-order valence-electron chi connectivity index (χ2n) is 13.6. The zero-order valence-corrected chi connectivity index (χ0v) is 29.1. The minimum atomic E-state index is -2.89. The van der Waals surface area contributed by atoms with Crippen molar-refractivity contribution in [2.24, 2.45) is 0 Å². The zero-order chi connectivity index (χ0) is 33.3. The molecule has 238 valence electrons. The molecule has 0 saturated carbocycles. The molecule has 0 bridgehead atoms. The number of ether oxygens (including phenoxy) is 1. The van der Waals surface area contributed by atoms with Crippen LogP contribution in [0.5, 0.6) is 11.5 Å². The number of fused-ring (bicyclic) bond motifs is 4. The van der Waals surface area contributed by atoms with Crippen LogP contribution in [0.1, 0.15) is 36.4 Å². The fourth-order valence-corrected chi connectivity index (χ4v) is 13.6. The first kappa shape index (κ1) is 29.4. The molecule has 0 spiro atoms. The number of aromatic nitrogens is 3. The summed E-state index contributed by atoms with van der Waals surface area (Å²) in [6.07, 6.45) is 1.95. The molecular formula is C43H36N4OSi. The molecule has 0 unspecified atom stereocenters. The maximum atomic E-state index is 6.53. The fourth-order valence-electron chi connectivity index (χ4n) is 8.24. The Morgan fingerprint density at radius 1 is 0.612 bits per heavy atom. The van der Waals surface area contributed by atoms with Crippen molar-refractivity contribution in [1.29, 1.82) is 0 Å². The Bertz CT molecular complexity index is 2350. The first-order valence-corrected chi connectivity index (χ1v) is 18.8. The Morgan fingerprint density at radius 3 is 2.02 bits per heavy atom. The number of aryl methyl sites for hydroxylation is 2. The number of pyridine rings is 1. The van der Waals surface area contributed by atoms with Gasteiger partial charge in [0.25, 0.3) is 0 Å². The Labute approximate surface area is 288 Å². The number of hydrogen-bond donors (Lipinski definition) is 0. The van der Waals surface area contributed by atoms with E-state index in [1.165, 1.54) is 26.7 Å². The van der Waals surface area contributed by atoms with Gasteiger partial charge >= 0.3 is 0 Å². The van der Waals surface area contributed by atoms with Crippen molar-refractivity contribution in [3.63, 3.8) is 0 Å². The van der Waals surface area contributed by atoms with Gasteiger partial charge in [-0.15, -0.1) is 0 Å². The molecule has 0 amide bonds. The van der Waals surface area contributed by atoms with Gasteiger partial charge in [-0.3, -0.25) is 4.98 Å². The SMILES string of the molecule is Cc1cc(C)n(-c2ccc3c(c2)N(c2cccc([Si]4(c5ccccn5)c5ccccc5C(C)(C)c5ccccc54)c2)c2ccccc2O3)n1. The molecular weight excluding hydrogens is 617 g/mol. The molecule has 2 aromatic heterocycles. The van der Waals surface area contributed by atoms with Crippen LogP contribution >= 0.6 is 0 Å². The Morgan fingerprint density at radius 2 is 1.31 bits per heavy atom.